The van der Waals surface area contributed by atoms with Gasteiger partial charge in [-0.15, -0.1) is 0 Å². The summed E-state index contributed by atoms with van der Waals surface area (Å²) in [5.74, 6) is 1.50. The van der Waals surface area contributed by atoms with Crippen molar-refractivity contribution in [1.29, 1.82) is 0 Å². The van der Waals surface area contributed by atoms with Crippen molar-refractivity contribution in [3.63, 3.8) is 0 Å². The first-order valence-corrected chi connectivity index (χ1v) is 10.0. The Labute approximate surface area is 171 Å². The number of nitrogens with zero attached hydrogens (tertiary/aromatic N) is 4. The molecule has 1 saturated heterocycles. The van der Waals surface area contributed by atoms with Gasteiger partial charge in [-0.1, -0.05) is 61.0 Å². The molecular formula is C22H24ClN5. The van der Waals surface area contributed by atoms with Crippen LogP contribution in [0.5, 0.6) is 0 Å². The van der Waals surface area contributed by atoms with Crippen molar-refractivity contribution in [2.24, 2.45) is 0 Å². The van der Waals surface area contributed by atoms with Crippen molar-refractivity contribution in [3.8, 4) is 11.3 Å². The summed E-state index contributed by atoms with van der Waals surface area (Å²) in [7, 11) is 0. The van der Waals surface area contributed by atoms with Crippen molar-refractivity contribution in [2.45, 2.75) is 6.92 Å². The minimum atomic E-state index is 0.667. The number of anilines is 3. The van der Waals surface area contributed by atoms with E-state index in [1.54, 1.807) is 0 Å². The van der Waals surface area contributed by atoms with Crippen LogP contribution < -0.4 is 10.2 Å². The number of piperazine rings is 1. The Bertz CT molecular complexity index is 923. The zero-order valence-corrected chi connectivity index (χ0v) is 16.7. The second-order valence-corrected chi connectivity index (χ2v) is 7.24. The minimum absolute atomic E-state index is 0.667. The first kappa shape index (κ1) is 18.7. The summed E-state index contributed by atoms with van der Waals surface area (Å²) < 4.78 is 0. The number of rotatable bonds is 5. The number of benzene rings is 2. The Balaban J connectivity index is 1.68. The van der Waals surface area contributed by atoms with Gasteiger partial charge in [0.1, 0.15) is 5.82 Å². The van der Waals surface area contributed by atoms with Crippen molar-refractivity contribution < 1.29 is 0 Å². The number of aromatic nitrogens is 2. The van der Waals surface area contributed by atoms with Gasteiger partial charge in [0.05, 0.1) is 16.4 Å². The van der Waals surface area contributed by atoms with Gasteiger partial charge in [-0.2, -0.15) is 4.98 Å². The molecule has 5 nitrogen and oxygen atoms in total. The molecule has 144 valence electrons. The molecule has 0 amide bonds. The monoisotopic (exact) mass is 393 g/mol. The largest absolute Gasteiger partial charge is 0.339 e. The third-order valence-electron chi connectivity index (χ3n) is 5.02. The lowest BCUT2D eigenvalue weighted by Crippen LogP contribution is -2.46. The van der Waals surface area contributed by atoms with E-state index in [1.807, 2.05) is 48.5 Å². The minimum Gasteiger partial charge on any atom is -0.339 e. The Kier molecular flexibility index (Phi) is 5.74. The van der Waals surface area contributed by atoms with Crippen LogP contribution in [0, 0.1) is 0 Å². The lowest BCUT2D eigenvalue weighted by atomic mass is 10.1. The highest BCUT2D eigenvalue weighted by Gasteiger charge is 2.19. The maximum Gasteiger partial charge on any atom is 0.227 e. The van der Waals surface area contributed by atoms with E-state index < -0.39 is 0 Å². The number of nitrogens with one attached hydrogen (secondary N) is 1. The molecule has 1 fully saturated rings. The lowest BCUT2D eigenvalue weighted by Gasteiger charge is -2.34. The van der Waals surface area contributed by atoms with Gasteiger partial charge in [-0.3, -0.25) is 0 Å². The second kappa shape index (κ2) is 8.59. The molecule has 0 aliphatic carbocycles. The van der Waals surface area contributed by atoms with E-state index >= 15 is 0 Å². The van der Waals surface area contributed by atoms with Gasteiger partial charge in [0.25, 0.3) is 0 Å². The second-order valence-electron chi connectivity index (χ2n) is 6.83. The molecule has 4 rings (SSSR count). The van der Waals surface area contributed by atoms with Crippen LogP contribution in [-0.4, -0.2) is 47.6 Å². The van der Waals surface area contributed by atoms with Crippen LogP contribution >= 0.6 is 11.6 Å². The van der Waals surface area contributed by atoms with Gasteiger partial charge in [0, 0.05) is 37.8 Å². The van der Waals surface area contributed by atoms with Crippen LogP contribution in [0.15, 0.2) is 60.7 Å². The van der Waals surface area contributed by atoms with Crippen LogP contribution in [0.25, 0.3) is 11.3 Å². The molecular weight excluding hydrogens is 370 g/mol. The fourth-order valence-electron chi connectivity index (χ4n) is 3.36. The summed E-state index contributed by atoms with van der Waals surface area (Å²) in [5.41, 5.74) is 2.81. The quantitative estimate of drug-likeness (QED) is 0.681. The molecule has 0 bridgehead atoms. The molecule has 0 spiro atoms. The average Bonchev–Trinajstić information content (AvgIpc) is 2.76. The fraction of sp³-hybridized carbons (Fsp3) is 0.273. The molecule has 2 heterocycles. The van der Waals surface area contributed by atoms with E-state index in [4.69, 9.17) is 21.6 Å². The van der Waals surface area contributed by atoms with Crippen LogP contribution in [0.2, 0.25) is 5.02 Å². The Hall–Kier alpha value is -2.63. The first-order valence-electron chi connectivity index (χ1n) is 9.66. The average molecular weight is 394 g/mol. The van der Waals surface area contributed by atoms with Gasteiger partial charge in [0.15, 0.2) is 0 Å². The van der Waals surface area contributed by atoms with E-state index in [2.05, 4.69) is 34.2 Å². The predicted octanol–water partition coefficient (Wildman–Crippen LogP) is 4.68. The van der Waals surface area contributed by atoms with Crippen LogP contribution in [-0.2, 0) is 0 Å². The standard InChI is InChI=1S/C22H24ClN5/c1-2-27-12-14-28(15-13-27)22-25-20(17-8-4-3-5-9-17)16-21(26-22)24-19-11-7-6-10-18(19)23/h3-11,16H,2,12-15H2,1H3,(H,24,25,26). The smallest absolute Gasteiger partial charge is 0.227 e. The summed E-state index contributed by atoms with van der Waals surface area (Å²) in [5, 5.41) is 4.03. The number of hydrogen-bond donors (Lipinski definition) is 1. The number of hydrogen-bond acceptors (Lipinski definition) is 5. The molecule has 0 saturated carbocycles. The number of para-hydroxylation sites is 1. The summed E-state index contributed by atoms with van der Waals surface area (Å²) in [6, 6.07) is 19.9. The third kappa shape index (κ3) is 4.26. The Morgan fingerprint density at radius 1 is 0.929 bits per heavy atom. The first-order chi connectivity index (χ1) is 13.7. The SMILES string of the molecule is CCN1CCN(c2nc(Nc3ccccc3Cl)cc(-c3ccccc3)n2)CC1. The Morgan fingerprint density at radius 3 is 2.36 bits per heavy atom. The van der Waals surface area contributed by atoms with Crippen LogP contribution in [0.4, 0.5) is 17.5 Å². The maximum absolute atomic E-state index is 6.33. The van der Waals surface area contributed by atoms with Gasteiger partial charge in [0.2, 0.25) is 5.95 Å². The highest BCUT2D eigenvalue weighted by atomic mass is 35.5. The van der Waals surface area contributed by atoms with E-state index in [0.717, 1.165) is 61.4 Å². The molecule has 28 heavy (non-hydrogen) atoms. The molecule has 0 radical (unpaired) electrons. The summed E-state index contributed by atoms with van der Waals surface area (Å²) in [6.07, 6.45) is 0. The lowest BCUT2D eigenvalue weighted by molar-refractivity contribution is 0.270. The highest BCUT2D eigenvalue weighted by Crippen LogP contribution is 2.28. The molecule has 1 aromatic heterocycles. The maximum atomic E-state index is 6.33. The molecule has 0 atom stereocenters. The van der Waals surface area contributed by atoms with Crippen molar-refractivity contribution >= 4 is 29.1 Å². The molecule has 2 aromatic carbocycles. The molecule has 1 aliphatic heterocycles. The molecule has 1 aliphatic rings. The topological polar surface area (TPSA) is 44.3 Å². The molecule has 1 N–H and O–H groups in total. The summed E-state index contributed by atoms with van der Waals surface area (Å²) >= 11 is 6.33. The summed E-state index contributed by atoms with van der Waals surface area (Å²) in [4.78, 5) is 14.4. The van der Waals surface area contributed by atoms with Crippen molar-refractivity contribution in [1.82, 2.24) is 14.9 Å². The van der Waals surface area contributed by atoms with Crippen LogP contribution in [0.3, 0.4) is 0 Å². The fourth-order valence-corrected chi connectivity index (χ4v) is 3.54. The Morgan fingerprint density at radius 2 is 1.64 bits per heavy atom. The molecule has 0 unspecified atom stereocenters. The number of likely N-dealkylation sites (N-methyl/N-ethyl adjacent to an activating group) is 1. The van der Waals surface area contributed by atoms with E-state index in [0.29, 0.717) is 5.02 Å². The van der Waals surface area contributed by atoms with Crippen molar-refractivity contribution in [2.75, 3.05) is 42.9 Å². The van der Waals surface area contributed by atoms with E-state index in [9.17, 15) is 0 Å². The third-order valence-corrected chi connectivity index (χ3v) is 5.35. The van der Waals surface area contributed by atoms with Crippen molar-refractivity contribution in [3.05, 3.63) is 65.7 Å². The summed E-state index contributed by atoms with van der Waals surface area (Å²) in [6.45, 7) is 7.20. The van der Waals surface area contributed by atoms with Gasteiger partial charge in [-0.05, 0) is 18.7 Å². The predicted molar refractivity (Wildman–Crippen MR) is 117 cm³/mol. The normalized spacial score (nSPS) is 14.9. The molecule has 6 heteroatoms. The van der Waals surface area contributed by atoms with Gasteiger partial charge in [-0.25, -0.2) is 4.98 Å². The van der Waals surface area contributed by atoms with E-state index in [-0.39, 0.29) is 0 Å². The van der Waals surface area contributed by atoms with Gasteiger partial charge < -0.3 is 15.1 Å². The van der Waals surface area contributed by atoms with E-state index in [1.165, 1.54) is 0 Å². The zero-order chi connectivity index (χ0) is 19.3. The number of halogens is 1. The van der Waals surface area contributed by atoms with Gasteiger partial charge >= 0.3 is 0 Å². The van der Waals surface area contributed by atoms with Crippen LogP contribution in [0.1, 0.15) is 6.92 Å². The highest BCUT2D eigenvalue weighted by molar-refractivity contribution is 6.33. The zero-order valence-electron chi connectivity index (χ0n) is 16.0. The molecule has 3 aromatic rings.